The van der Waals surface area contributed by atoms with Crippen molar-refractivity contribution in [1.82, 2.24) is 10.1 Å². The van der Waals surface area contributed by atoms with Crippen LogP contribution < -0.4 is 0 Å². The maximum atomic E-state index is 13.3. The van der Waals surface area contributed by atoms with Crippen LogP contribution in [-0.4, -0.2) is 29.3 Å². The fourth-order valence-electron chi connectivity index (χ4n) is 3.67. The van der Waals surface area contributed by atoms with E-state index in [1.54, 1.807) is 18.2 Å². The highest BCUT2D eigenvalue weighted by atomic mass is 79.9. The molecule has 1 aromatic heterocycles. The molecule has 0 atom stereocenters. The van der Waals surface area contributed by atoms with E-state index >= 15 is 0 Å². The third kappa shape index (κ3) is 3.79. The van der Waals surface area contributed by atoms with Crippen molar-refractivity contribution < 1.29 is 22.5 Å². The van der Waals surface area contributed by atoms with Gasteiger partial charge in [-0.1, -0.05) is 64.3 Å². The molecule has 156 valence electrons. The normalized spacial score (nSPS) is 15.8. The average molecular weight is 491 g/mol. The summed E-state index contributed by atoms with van der Waals surface area (Å²) in [5.41, 5.74) is 0.740. The number of carbonyl (C=O) groups is 1. The van der Waals surface area contributed by atoms with Gasteiger partial charge >= 0.3 is 5.97 Å². The monoisotopic (exact) mass is 490 g/mol. The van der Waals surface area contributed by atoms with Crippen LogP contribution in [0.4, 0.5) is 0 Å². The summed E-state index contributed by atoms with van der Waals surface area (Å²) in [6, 6.07) is 15.4. The van der Waals surface area contributed by atoms with Crippen LogP contribution in [-0.2, 0) is 26.0 Å². The van der Waals surface area contributed by atoms with Gasteiger partial charge in [0, 0.05) is 10.0 Å². The maximum Gasteiger partial charge on any atom is 0.328 e. The topological polar surface area (TPSA) is 99.4 Å². The van der Waals surface area contributed by atoms with Crippen molar-refractivity contribution in [2.75, 3.05) is 0 Å². The van der Waals surface area contributed by atoms with Crippen LogP contribution in [0.15, 0.2) is 68.5 Å². The van der Waals surface area contributed by atoms with E-state index < -0.39 is 20.6 Å². The quantitative estimate of drug-likeness (QED) is 0.474. The number of esters is 1. The summed E-state index contributed by atoms with van der Waals surface area (Å²) in [7, 11) is -3.89. The fraction of sp³-hybridized carbons (Fsp3) is 0.286. The number of halogens is 1. The number of carbonyl (C=O) groups excluding carboxylic acids is 1. The molecule has 7 nitrogen and oxygen atoms in total. The SMILES string of the molecule is O=C(OCc1nc(-c2cccc(Br)c2)no1)C1(S(=O)(=O)c2ccccc2)CCCC1. The third-order valence-electron chi connectivity index (χ3n) is 5.23. The molecule has 1 saturated carbocycles. The van der Waals surface area contributed by atoms with Crippen LogP contribution in [0, 0.1) is 0 Å². The van der Waals surface area contributed by atoms with Crippen molar-refractivity contribution in [2.45, 2.75) is 41.9 Å². The molecular formula is C21H19BrN2O5S. The highest BCUT2D eigenvalue weighted by Crippen LogP contribution is 2.41. The molecular weight excluding hydrogens is 472 g/mol. The second-order valence-electron chi connectivity index (χ2n) is 7.12. The number of sulfone groups is 1. The van der Waals surface area contributed by atoms with Crippen LogP contribution in [0.3, 0.4) is 0 Å². The molecule has 4 rings (SSSR count). The van der Waals surface area contributed by atoms with Gasteiger partial charge in [-0.2, -0.15) is 4.98 Å². The predicted octanol–water partition coefficient (Wildman–Crippen LogP) is 4.33. The van der Waals surface area contributed by atoms with Crippen LogP contribution in [0.2, 0.25) is 0 Å². The van der Waals surface area contributed by atoms with Crippen molar-refractivity contribution in [2.24, 2.45) is 0 Å². The molecule has 0 radical (unpaired) electrons. The first-order valence-electron chi connectivity index (χ1n) is 9.48. The molecule has 1 fully saturated rings. The lowest BCUT2D eigenvalue weighted by molar-refractivity contribution is -0.148. The lowest BCUT2D eigenvalue weighted by atomic mass is 10.1. The molecule has 0 aliphatic heterocycles. The van der Waals surface area contributed by atoms with Gasteiger partial charge < -0.3 is 9.26 Å². The molecule has 0 amide bonds. The zero-order chi connectivity index (χ0) is 21.2. The van der Waals surface area contributed by atoms with E-state index in [-0.39, 0.29) is 30.2 Å². The van der Waals surface area contributed by atoms with Gasteiger partial charge in [0.1, 0.15) is 0 Å². The molecule has 1 aliphatic rings. The summed E-state index contributed by atoms with van der Waals surface area (Å²) in [5, 5.41) is 3.90. The van der Waals surface area contributed by atoms with Crippen molar-refractivity contribution in [3.8, 4) is 11.4 Å². The van der Waals surface area contributed by atoms with Gasteiger partial charge in [0.25, 0.3) is 5.89 Å². The zero-order valence-electron chi connectivity index (χ0n) is 16.0. The first-order valence-corrected chi connectivity index (χ1v) is 11.8. The Labute approximate surface area is 182 Å². The van der Waals surface area contributed by atoms with Gasteiger partial charge in [0.15, 0.2) is 21.2 Å². The second-order valence-corrected chi connectivity index (χ2v) is 10.3. The molecule has 0 bridgehead atoms. The van der Waals surface area contributed by atoms with E-state index in [2.05, 4.69) is 26.1 Å². The Morgan fingerprint density at radius 1 is 1.10 bits per heavy atom. The van der Waals surface area contributed by atoms with Gasteiger partial charge in [-0.25, -0.2) is 8.42 Å². The number of hydrogen-bond acceptors (Lipinski definition) is 7. The number of rotatable bonds is 6. The summed E-state index contributed by atoms with van der Waals surface area (Å²) in [4.78, 5) is 17.3. The molecule has 0 saturated heterocycles. The molecule has 30 heavy (non-hydrogen) atoms. The van der Waals surface area contributed by atoms with Crippen LogP contribution >= 0.6 is 15.9 Å². The Kier molecular flexibility index (Phi) is 5.75. The molecule has 0 spiro atoms. The summed E-state index contributed by atoms with van der Waals surface area (Å²) in [5.74, 6) is -0.315. The lowest BCUT2D eigenvalue weighted by Crippen LogP contribution is -2.45. The van der Waals surface area contributed by atoms with E-state index in [0.717, 1.165) is 10.0 Å². The minimum atomic E-state index is -3.89. The molecule has 0 N–H and O–H groups in total. The van der Waals surface area contributed by atoms with Gasteiger partial charge in [-0.15, -0.1) is 0 Å². The molecule has 0 unspecified atom stereocenters. The average Bonchev–Trinajstić information content (AvgIpc) is 3.43. The first-order chi connectivity index (χ1) is 14.4. The van der Waals surface area contributed by atoms with E-state index in [4.69, 9.17) is 9.26 Å². The Hall–Kier alpha value is -2.52. The Morgan fingerprint density at radius 2 is 1.83 bits per heavy atom. The summed E-state index contributed by atoms with van der Waals surface area (Å²) < 4.78 is 36.4. The molecule has 2 aromatic carbocycles. The lowest BCUT2D eigenvalue weighted by Gasteiger charge is -2.26. The summed E-state index contributed by atoms with van der Waals surface area (Å²) >= 11 is 3.38. The maximum absolute atomic E-state index is 13.3. The van der Waals surface area contributed by atoms with Crippen molar-refractivity contribution in [1.29, 1.82) is 0 Å². The predicted molar refractivity (Wildman–Crippen MR) is 112 cm³/mol. The number of benzene rings is 2. The van der Waals surface area contributed by atoms with Crippen molar-refractivity contribution in [3.05, 3.63) is 65.0 Å². The minimum Gasteiger partial charge on any atom is -0.454 e. The highest BCUT2D eigenvalue weighted by molar-refractivity contribution is 9.10. The number of aromatic nitrogens is 2. The first kappa shape index (κ1) is 20.7. The largest absolute Gasteiger partial charge is 0.454 e. The smallest absolute Gasteiger partial charge is 0.328 e. The van der Waals surface area contributed by atoms with Gasteiger partial charge in [-0.05, 0) is 37.1 Å². The number of hydrogen-bond donors (Lipinski definition) is 0. The minimum absolute atomic E-state index is 0.101. The summed E-state index contributed by atoms with van der Waals surface area (Å²) in [6.07, 6.45) is 1.76. The molecule has 9 heteroatoms. The highest BCUT2D eigenvalue weighted by Gasteiger charge is 2.54. The van der Waals surface area contributed by atoms with Gasteiger partial charge in [0.05, 0.1) is 4.90 Å². The standard InChI is InChI=1S/C21H19BrN2O5S/c22-16-8-6-7-15(13-16)19-23-18(29-24-19)14-28-20(25)21(11-4-5-12-21)30(26,27)17-9-2-1-3-10-17/h1-3,6-10,13H,4-5,11-12,14H2. The number of ether oxygens (including phenoxy) is 1. The Bertz CT molecular complexity index is 1150. The van der Waals surface area contributed by atoms with E-state index in [1.165, 1.54) is 12.1 Å². The van der Waals surface area contributed by atoms with E-state index in [9.17, 15) is 13.2 Å². The third-order valence-corrected chi connectivity index (χ3v) is 8.22. The van der Waals surface area contributed by atoms with Crippen LogP contribution in [0.25, 0.3) is 11.4 Å². The van der Waals surface area contributed by atoms with Crippen molar-refractivity contribution >= 4 is 31.7 Å². The fourth-order valence-corrected chi connectivity index (χ4v) is 6.14. The van der Waals surface area contributed by atoms with Gasteiger partial charge in [0.2, 0.25) is 5.82 Å². The molecule has 1 aliphatic carbocycles. The van der Waals surface area contributed by atoms with E-state index in [1.807, 2.05) is 24.3 Å². The van der Waals surface area contributed by atoms with Crippen LogP contribution in [0.1, 0.15) is 31.6 Å². The Balaban J connectivity index is 1.53. The molecule has 1 heterocycles. The zero-order valence-corrected chi connectivity index (χ0v) is 18.4. The van der Waals surface area contributed by atoms with Crippen molar-refractivity contribution in [3.63, 3.8) is 0 Å². The van der Waals surface area contributed by atoms with Crippen LogP contribution in [0.5, 0.6) is 0 Å². The second kappa shape index (κ2) is 8.31. The summed E-state index contributed by atoms with van der Waals surface area (Å²) in [6.45, 7) is -0.286. The number of nitrogens with zero attached hydrogens (tertiary/aromatic N) is 2. The molecule has 3 aromatic rings. The van der Waals surface area contributed by atoms with E-state index in [0.29, 0.717) is 18.7 Å². The Morgan fingerprint density at radius 3 is 2.53 bits per heavy atom. The van der Waals surface area contributed by atoms with Gasteiger partial charge in [-0.3, -0.25) is 4.79 Å².